The van der Waals surface area contributed by atoms with Crippen LogP contribution in [0.1, 0.15) is 31.9 Å². The fourth-order valence-electron chi connectivity index (χ4n) is 5.34. The molecule has 2 heterocycles. The number of allylic oxidation sites excluding steroid dienone is 1. The van der Waals surface area contributed by atoms with Crippen molar-refractivity contribution >= 4 is 11.9 Å². The van der Waals surface area contributed by atoms with E-state index in [0.29, 0.717) is 28.0 Å². The number of ether oxygens (including phenoxy) is 2. The number of hydrogen-bond acceptors (Lipinski definition) is 4. The minimum absolute atomic E-state index is 0.113. The van der Waals surface area contributed by atoms with Gasteiger partial charge in [0.1, 0.15) is 17.2 Å². The third-order valence-corrected chi connectivity index (χ3v) is 6.49. The standard InChI is InChI=1S/C25H18F2O4/c1-13-12-19-14(2)20-21(23(29)30-22(20)28)25(24(19,3)31-13,15-4-8-17(26)9-5-15)16-6-10-18(27)11-7-16/h4-12H,1-3H3/t24-/m1/s1. The molecule has 2 aromatic rings. The first-order chi connectivity index (χ1) is 14.7. The molecule has 2 aromatic carbocycles. The zero-order valence-electron chi connectivity index (χ0n) is 17.1. The summed E-state index contributed by atoms with van der Waals surface area (Å²) in [4.78, 5) is 25.9. The van der Waals surface area contributed by atoms with Crippen molar-refractivity contribution in [2.24, 2.45) is 0 Å². The van der Waals surface area contributed by atoms with Crippen molar-refractivity contribution in [2.75, 3.05) is 0 Å². The Balaban J connectivity index is 1.98. The van der Waals surface area contributed by atoms with Crippen molar-refractivity contribution in [3.05, 3.63) is 105 Å². The average Bonchev–Trinajstić information content (AvgIpc) is 3.20. The Morgan fingerprint density at radius 1 is 0.806 bits per heavy atom. The molecule has 0 aromatic heterocycles. The number of halogens is 2. The lowest BCUT2D eigenvalue weighted by atomic mass is 9.53. The molecule has 5 rings (SSSR count). The van der Waals surface area contributed by atoms with Crippen molar-refractivity contribution in [2.45, 2.75) is 31.8 Å². The molecule has 3 aliphatic rings. The maximum absolute atomic E-state index is 13.9. The molecule has 0 N–H and O–H groups in total. The summed E-state index contributed by atoms with van der Waals surface area (Å²) in [5, 5.41) is 0. The quantitative estimate of drug-likeness (QED) is 0.524. The van der Waals surface area contributed by atoms with Crippen molar-refractivity contribution in [1.29, 1.82) is 0 Å². The van der Waals surface area contributed by atoms with Crippen LogP contribution in [0.3, 0.4) is 0 Å². The molecule has 0 saturated carbocycles. The molecule has 1 atom stereocenters. The van der Waals surface area contributed by atoms with E-state index in [0.717, 1.165) is 0 Å². The SMILES string of the molecule is CC1=CC2=C(C)C3=C(C(=O)OC3=O)C(c3ccc(F)cc3)(c3ccc(F)cc3)[C@]2(C)O1. The molecular weight excluding hydrogens is 402 g/mol. The summed E-state index contributed by atoms with van der Waals surface area (Å²) < 4.78 is 39.2. The van der Waals surface area contributed by atoms with Gasteiger partial charge in [-0.05, 0) is 67.8 Å². The highest BCUT2D eigenvalue weighted by molar-refractivity contribution is 6.17. The molecule has 0 radical (unpaired) electrons. The van der Waals surface area contributed by atoms with Crippen molar-refractivity contribution in [3.8, 4) is 0 Å². The van der Waals surface area contributed by atoms with Crippen LogP contribution in [0.2, 0.25) is 0 Å². The fraction of sp³-hybridized carbons (Fsp3) is 0.200. The molecule has 1 aliphatic carbocycles. The lowest BCUT2D eigenvalue weighted by Gasteiger charge is -2.50. The molecule has 0 unspecified atom stereocenters. The molecule has 156 valence electrons. The van der Waals surface area contributed by atoms with Crippen LogP contribution in [-0.4, -0.2) is 17.5 Å². The van der Waals surface area contributed by atoms with Gasteiger partial charge in [-0.1, -0.05) is 24.3 Å². The van der Waals surface area contributed by atoms with E-state index in [1.807, 2.05) is 13.0 Å². The van der Waals surface area contributed by atoms with Crippen LogP contribution in [0.5, 0.6) is 0 Å². The molecule has 0 amide bonds. The molecule has 0 bridgehead atoms. The molecule has 4 nitrogen and oxygen atoms in total. The van der Waals surface area contributed by atoms with Crippen molar-refractivity contribution in [3.63, 3.8) is 0 Å². The van der Waals surface area contributed by atoms with Gasteiger partial charge in [-0.15, -0.1) is 0 Å². The van der Waals surface area contributed by atoms with Crippen LogP contribution in [0.4, 0.5) is 8.78 Å². The molecule has 2 aliphatic heterocycles. The summed E-state index contributed by atoms with van der Waals surface area (Å²) in [6.07, 6.45) is 1.83. The Morgan fingerprint density at radius 2 is 1.32 bits per heavy atom. The summed E-state index contributed by atoms with van der Waals surface area (Å²) in [6.45, 7) is 5.36. The highest BCUT2D eigenvalue weighted by Crippen LogP contribution is 2.61. The number of rotatable bonds is 2. The first kappa shape index (κ1) is 19.4. The summed E-state index contributed by atoms with van der Waals surface area (Å²) >= 11 is 0. The van der Waals surface area contributed by atoms with Gasteiger partial charge in [-0.3, -0.25) is 0 Å². The van der Waals surface area contributed by atoms with E-state index in [2.05, 4.69) is 0 Å². The van der Waals surface area contributed by atoms with Gasteiger partial charge in [-0.2, -0.15) is 0 Å². The predicted octanol–water partition coefficient (Wildman–Crippen LogP) is 4.65. The first-order valence-corrected chi connectivity index (χ1v) is 9.82. The molecule has 31 heavy (non-hydrogen) atoms. The molecule has 0 spiro atoms. The number of carbonyl (C=O) groups is 2. The minimum atomic E-state index is -1.38. The third kappa shape index (κ3) is 2.33. The van der Waals surface area contributed by atoms with Gasteiger partial charge in [0.15, 0.2) is 0 Å². The first-order valence-electron chi connectivity index (χ1n) is 9.82. The lowest BCUT2D eigenvalue weighted by Crippen LogP contribution is -2.56. The van der Waals surface area contributed by atoms with Gasteiger partial charge in [0.05, 0.1) is 22.3 Å². The van der Waals surface area contributed by atoms with Gasteiger partial charge in [0.25, 0.3) is 0 Å². The van der Waals surface area contributed by atoms with Crippen LogP contribution in [0.25, 0.3) is 0 Å². The summed E-state index contributed by atoms with van der Waals surface area (Å²) in [6, 6.07) is 11.4. The molecule has 0 fully saturated rings. The van der Waals surface area contributed by atoms with E-state index < -0.39 is 34.6 Å². The van der Waals surface area contributed by atoms with Crippen LogP contribution in [0, 0.1) is 11.6 Å². The number of cyclic esters (lactones) is 2. The Hall–Kier alpha value is -3.54. The molecule has 0 saturated heterocycles. The molecular formula is C25H18F2O4. The monoisotopic (exact) mass is 420 g/mol. The van der Waals surface area contributed by atoms with Crippen LogP contribution in [-0.2, 0) is 24.5 Å². The fourth-order valence-corrected chi connectivity index (χ4v) is 5.34. The second-order valence-electron chi connectivity index (χ2n) is 8.12. The summed E-state index contributed by atoms with van der Waals surface area (Å²) in [7, 11) is 0. The molecule has 6 heteroatoms. The topological polar surface area (TPSA) is 52.6 Å². The largest absolute Gasteiger partial charge is 0.486 e. The van der Waals surface area contributed by atoms with Crippen LogP contribution in [0.15, 0.2) is 82.7 Å². The summed E-state index contributed by atoms with van der Waals surface area (Å²) in [5.41, 5.74) is 0.0814. The zero-order chi connectivity index (χ0) is 22.1. The van der Waals surface area contributed by atoms with E-state index in [1.54, 1.807) is 38.1 Å². The minimum Gasteiger partial charge on any atom is -0.486 e. The van der Waals surface area contributed by atoms with E-state index in [9.17, 15) is 18.4 Å². The average molecular weight is 420 g/mol. The van der Waals surface area contributed by atoms with Gasteiger partial charge in [0, 0.05) is 5.57 Å². The number of fused-ring (bicyclic) bond motifs is 1. The van der Waals surface area contributed by atoms with Gasteiger partial charge in [0.2, 0.25) is 0 Å². The number of benzene rings is 2. The summed E-state index contributed by atoms with van der Waals surface area (Å²) in [5.74, 6) is -1.83. The Kier molecular flexibility index (Phi) is 3.91. The van der Waals surface area contributed by atoms with Crippen molar-refractivity contribution in [1.82, 2.24) is 0 Å². The van der Waals surface area contributed by atoms with Crippen LogP contribution < -0.4 is 0 Å². The highest BCUT2D eigenvalue weighted by atomic mass is 19.1. The van der Waals surface area contributed by atoms with E-state index >= 15 is 0 Å². The maximum Gasteiger partial charge on any atom is 0.346 e. The number of esters is 2. The highest BCUT2D eigenvalue weighted by Gasteiger charge is 2.66. The van der Waals surface area contributed by atoms with Gasteiger partial charge in [-0.25, -0.2) is 18.4 Å². The number of hydrogen-bond donors (Lipinski definition) is 0. The normalized spacial score (nSPS) is 24.0. The predicted molar refractivity (Wildman–Crippen MR) is 108 cm³/mol. The van der Waals surface area contributed by atoms with E-state index in [-0.39, 0.29) is 11.1 Å². The van der Waals surface area contributed by atoms with E-state index in [4.69, 9.17) is 9.47 Å². The maximum atomic E-state index is 13.9. The van der Waals surface area contributed by atoms with Gasteiger partial charge >= 0.3 is 11.9 Å². The second kappa shape index (κ2) is 6.23. The smallest absolute Gasteiger partial charge is 0.346 e. The Morgan fingerprint density at radius 3 is 1.84 bits per heavy atom. The second-order valence-corrected chi connectivity index (χ2v) is 8.12. The Labute approximate surface area is 177 Å². The van der Waals surface area contributed by atoms with E-state index in [1.165, 1.54) is 24.3 Å². The van der Waals surface area contributed by atoms with Crippen LogP contribution >= 0.6 is 0 Å². The zero-order valence-corrected chi connectivity index (χ0v) is 17.1. The lowest BCUT2D eigenvalue weighted by molar-refractivity contribution is -0.151. The van der Waals surface area contributed by atoms with Gasteiger partial charge < -0.3 is 9.47 Å². The van der Waals surface area contributed by atoms with Crippen molar-refractivity contribution < 1.29 is 27.8 Å². The third-order valence-electron chi connectivity index (χ3n) is 6.49. The number of carbonyl (C=O) groups excluding carboxylic acids is 2. The Bertz CT molecular complexity index is 1200.